The molecule has 1 N–H and O–H groups in total. The lowest BCUT2D eigenvalue weighted by Crippen LogP contribution is -2.17. The molecule has 3 rings (SSSR count). The summed E-state index contributed by atoms with van der Waals surface area (Å²) in [5.74, 6) is 1.12. The van der Waals surface area contributed by atoms with Gasteiger partial charge in [-0.3, -0.25) is 4.79 Å². The van der Waals surface area contributed by atoms with Crippen molar-refractivity contribution in [2.24, 2.45) is 5.10 Å². The third-order valence-corrected chi connectivity index (χ3v) is 5.23. The van der Waals surface area contributed by atoms with Crippen molar-refractivity contribution < 1.29 is 23.4 Å². The number of rotatable bonds is 11. The number of benzene rings is 3. The first-order valence-electron chi connectivity index (χ1n) is 10.9. The van der Waals surface area contributed by atoms with E-state index < -0.39 is 0 Å². The van der Waals surface area contributed by atoms with E-state index in [-0.39, 0.29) is 11.7 Å². The standard InChI is InChI=1S/C26H26BrFN2O4/c1-3-13-33-24-12-8-20(15-25(24)32-4-2)26(31)30-29-16-19-7-11-23(22(27)14-19)34-17-18-5-9-21(28)10-6-18/h5-12,14-16H,3-4,13,17H2,1-2H3,(H,30,31)/b29-16+. The predicted octanol–water partition coefficient (Wildman–Crippen LogP) is 6.12. The van der Waals surface area contributed by atoms with Gasteiger partial charge in [0.1, 0.15) is 18.2 Å². The fraction of sp³-hybridized carbons (Fsp3) is 0.231. The Bertz CT molecular complexity index is 1140. The highest BCUT2D eigenvalue weighted by Gasteiger charge is 2.11. The monoisotopic (exact) mass is 528 g/mol. The topological polar surface area (TPSA) is 69.2 Å². The minimum Gasteiger partial charge on any atom is -0.490 e. The van der Waals surface area contributed by atoms with Crippen molar-refractivity contribution in [2.45, 2.75) is 26.9 Å². The van der Waals surface area contributed by atoms with Crippen LogP contribution in [-0.4, -0.2) is 25.3 Å². The van der Waals surface area contributed by atoms with Gasteiger partial charge in [-0.05, 0) is 88.9 Å². The molecule has 0 heterocycles. The molecule has 3 aromatic rings. The second kappa shape index (κ2) is 12.7. The fourth-order valence-electron chi connectivity index (χ4n) is 2.94. The van der Waals surface area contributed by atoms with Gasteiger partial charge in [0.15, 0.2) is 11.5 Å². The molecule has 1 amide bonds. The average Bonchev–Trinajstić information content (AvgIpc) is 2.84. The van der Waals surface area contributed by atoms with Crippen LogP contribution in [0.4, 0.5) is 4.39 Å². The first-order valence-corrected chi connectivity index (χ1v) is 11.7. The first kappa shape index (κ1) is 25.2. The molecular weight excluding hydrogens is 503 g/mol. The molecule has 0 radical (unpaired) electrons. The summed E-state index contributed by atoms with van der Waals surface area (Å²) in [6, 6.07) is 16.6. The van der Waals surface area contributed by atoms with Crippen molar-refractivity contribution in [1.29, 1.82) is 0 Å². The van der Waals surface area contributed by atoms with Crippen LogP contribution in [0.2, 0.25) is 0 Å². The molecule has 0 saturated heterocycles. The largest absolute Gasteiger partial charge is 0.490 e. The van der Waals surface area contributed by atoms with Crippen LogP contribution in [0.15, 0.2) is 70.2 Å². The molecule has 0 aliphatic rings. The van der Waals surface area contributed by atoms with Gasteiger partial charge in [0, 0.05) is 5.56 Å². The number of carbonyl (C=O) groups excluding carboxylic acids is 1. The van der Waals surface area contributed by atoms with E-state index in [4.69, 9.17) is 14.2 Å². The maximum atomic E-state index is 13.0. The Labute approximate surface area is 206 Å². The Balaban J connectivity index is 1.59. The molecule has 6 nitrogen and oxygen atoms in total. The van der Waals surface area contributed by atoms with Gasteiger partial charge in [0.25, 0.3) is 5.91 Å². The van der Waals surface area contributed by atoms with Crippen molar-refractivity contribution in [3.05, 3.63) is 87.6 Å². The normalized spacial score (nSPS) is 10.8. The minimum absolute atomic E-state index is 0.284. The zero-order chi connectivity index (χ0) is 24.3. The van der Waals surface area contributed by atoms with Gasteiger partial charge >= 0.3 is 0 Å². The van der Waals surface area contributed by atoms with E-state index >= 15 is 0 Å². The van der Waals surface area contributed by atoms with Crippen LogP contribution in [0.1, 0.15) is 41.8 Å². The Morgan fingerprint density at radius 1 is 0.971 bits per heavy atom. The lowest BCUT2D eigenvalue weighted by molar-refractivity contribution is 0.0954. The molecule has 0 aliphatic carbocycles. The Morgan fingerprint density at radius 3 is 2.44 bits per heavy atom. The number of nitrogens with zero attached hydrogens (tertiary/aromatic N) is 1. The van der Waals surface area contributed by atoms with Gasteiger partial charge in [-0.25, -0.2) is 9.82 Å². The maximum absolute atomic E-state index is 13.0. The van der Waals surface area contributed by atoms with Crippen LogP contribution in [0, 0.1) is 5.82 Å². The minimum atomic E-state index is -0.363. The van der Waals surface area contributed by atoms with Gasteiger partial charge < -0.3 is 14.2 Å². The van der Waals surface area contributed by atoms with E-state index in [1.165, 1.54) is 18.3 Å². The van der Waals surface area contributed by atoms with Crippen LogP contribution in [0.5, 0.6) is 17.2 Å². The number of hydrogen-bond acceptors (Lipinski definition) is 5. The quantitative estimate of drug-likeness (QED) is 0.240. The number of carbonyl (C=O) groups is 1. The van der Waals surface area contributed by atoms with Crippen molar-refractivity contribution in [1.82, 2.24) is 5.43 Å². The van der Waals surface area contributed by atoms with Crippen LogP contribution >= 0.6 is 15.9 Å². The zero-order valence-corrected chi connectivity index (χ0v) is 20.6. The molecular formula is C26H26BrFN2O4. The van der Waals surface area contributed by atoms with Crippen LogP contribution in [0.3, 0.4) is 0 Å². The number of ether oxygens (including phenoxy) is 3. The first-order chi connectivity index (χ1) is 16.5. The second-order valence-electron chi connectivity index (χ2n) is 7.25. The van der Waals surface area contributed by atoms with E-state index in [0.717, 1.165) is 22.0 Å². The summed E-state index contributed by atoms with van der Waals surface area (Å²) >= 11 is 3.48. The number of hydrazone groups is 1. The summed E-state index contributed by atoms with van der Waals surface area (Å²) in [4.78, 5) is 12.5. The summed E-state index contributed by atoms with van der Waals surface area (Å²) < 4.78 is 30.8. The molecule has 0 aliphatic heterocycles. The Hall–Kier alpha value is -3.39. The van der Waals surface area contributed by atoms with E-state index in [1.54, 1.807) is 36.4 Å². The van der Waals surface area contributed by atoms with Crippen molar-refractivity contribution in [3.8, 4) is 17.2 Å². The van der Waals surface area contributed by atoms with Gasteiger partial charge in [-0.1, -0.05) is 19.1 Å². The number of hydrogen-bond donors (Lipinski definition) is 1. The molecule has 178 valence electrons. The molecule has 0 unspecified atom stereocenters. The predicted molar refractivity (Wildman–Crippen MR) is 133 cm³/mol. The number of nitrogens with one attached hydrogen (secondary N) is 1. The third kappa shape index (κ3) is 7.31. The zero-order valence-electron chi connectivity index (χ0n) is 19.0. The summed E-state index contributed by atoms with van der Waals surface area (Å²) in [7, 11) is 0. The maximum Gasteiger partial charge on any atom is 0.271 e. The lowest BCUT2D eigenvalue weighted by Gasteiger charge is -2.12. The van der Waals surface area contributed by atoms with Crippen molar-refractivity contribution >= 4 is 28.1 Å². The molecule has 3 aromatic carbocycles. The third-order valence-electron chi connectivity index (χ3n) is 4.61. The van der Waals surface area contributed by atoms with E-state index in [9.17, 15) is 9.18 Å². The highest BCUT2D eigenvalue weighted by atomic mass is 79.9. The van der Waals surface area contributed by atoms with Crippen LogP contribution < -0.4 is 19.6 Å². The summed E-state index contributed by atoms with van der Waals surface area (Å²) in [5.41, 5.74) is 4.56. The molecule has 0 spiro atoms. The molecule has 0 saturated carbocycles. The van der Waals surface area contributed by atoms with Gasteiger partial charge in [-0.15, -0.1) is 0 Å². The summed E-state index contributed by atoms with van der Waals surface area (Å²) in [6.07, 6.45) is 2.41. The molecule has 0 bridgehead atoms. The van der Waals surface area contributed by atoms with Crippen LogP contribution in [0.25, 0.3) is 0 Å². The van der Waals surface area contributed by atoms with E-state index in [0.29, 0.717) is 42.6 Å². The number of amides is 1. The fourth-order valence-corrected chi connectivity index (χ4v) is 3.45. The van der Waals surface area contributed by atoms with Crippen LogP contribution in [-0.2, 0) is 6.61 Å². The highest BCUT2D eigenvalue weighted by molar-refractivity contribution is 9.10. The smallest absolute Gasteiger partial charge is 0.271 e. The molecule has 0 fully saturated rings. The second-order valence-corrected chi connectivity index (χ2v) is 8.10. The number of halogens is 2. The van der Waals surface area contributed by atoms with Crippen molar-refractivity contribution in [3.63, 3.8) is 0 Å². The molecule has 34 heavy (non-hydrogen) atoms. The van der Waals surface area contributed by atoms with Gasteiger partial charge in [0.05, 0.1) is 23.9 Å². The van der Waals surface area contributed by atoms with Gasteiger partial charge in [-0.2, -0.15) is 5.10 Å². The Morgan fingerprint density at radius 2 is 1.74 bits per heavy atom. The lowest BCUT2D eigenvalue weighted by atomic mass is 10.2. The van der Waals surface area contributed by atoms with E-state index in [2.05, 4.69) is 26.5 Å². The SMILES string of the molecule is CCCOc1ccc(C(=O)N/N=C/c2ccc(OCc3ccc(F)cc3)c(Br)c2)cc1OCC. The van der Waals surface area contributed by atoms with Crippen molar-refractivity contribution in [2.75, 3.05) is 13.2 Å². The average molecular weight is 529 g/mol. The highest BCUT2D eigenvalue weighted by Crippen LogP contribution is 2.29. The molecule has 8 heteroatoms. The Kier molecular flexibility index (Phi) is 9.46. The summed E-state index contributed by atoms with van der Waals surface area (Å²) in [5, 5.41) is 4.04. The van der Waals surface area contributed by atoms with Gasteiger partial charge in [0.2, 0.25) is 0 Å². The molecule has 0 aromatic heterocycles. The van der Waals surface area contributed by atoms with E-state index in [1.807, 2.05) is 26.0 Å². The molecule has 0 atom stereocenters. The summed E-state index contributed by atoms with van der Waals surface area (Å²) in [6.45, 7) is 5.24.